The number of rotatable bonds is 4. The average molecular weight is 364 g/mol. The lowest BCUT2D eigenvalue weighted by Gasteiger charge is -2.22. The number of amides is 1. The molecule has 0 saturated carbocycles. The van der Waals surface area contributed by atoms with E-state index in [2.05, 4.69) is 4.98 Å². The molecule has 1 fully saturated rings. The molecule has 7 nitrogen and oxygen atoms in total. The fourth-order valence-corrected chi connectivity index (χ4v) is 3.37. The number of fused-ring (bicyclic) bond motifs is 1. The molecular formula is C20H20N4O3. The van der Waals surface area contributed by atoms with Crippen molar-refractivity contribution in [1.82, 2.24) is 9.97 Å². The lowest BCUT2D eigenvalue weighted by atomic mass is 10.0. The molecule has 0 bridgehead atoms. The summed E-state index contributed by atoms with van der Waals surface area (Å²) in [5.74, 6) is 1.24. The number of benzene rings is 2. The van der Waals surface area contributed by atoms with Crippen molar-refractivity contribution in [2.75, 3.05) is 25.1 Å². The van der Waals surface area contributed by atoms with Gasteiger partial charge in [0.15, 0.2) is 11.4 Å². The standard InChI is InChI=1S/C20H20N4O3/c1-27-14-6-4-5-13(11-14)17-22-16-8-3-2-7-15(16)18(23-17)24-10-9-20(26,12-24)19(21)25/h2-8,11,26H,9-10,12H2,1H3,(H2,21,25). The summed E-state index contributed by atoms with van der Waals surface area (Å²) >= 11 is 0. The molecular weight excluding hydrogens is 344 g/mol. The molecule has 0 aliphatic carbocycles. The number of aliphatic hydroxyl groups is 1. The van der Waals surface area contributed by atoms with Crippen LogP contribution in [0.5, 0.6) is 5.75 Å². The minimum Gasteiger partial charge on any atom is -0.497 e. The quantitative estimate of drug-likeness (QED) is 0.731. The first-order valence-electron chi connectivity index (χ1n) is 8.69. The zero-order valence-corrected chi connectivity index (χ0v) is 14.9. The lowest BCUT2D eigenvalue weighted by molar-refractivity contribution is -0.134. The number of hydrogen-bond donors (Lipinski definition) is 2. The largest absolute Gasteiger partial charge is 0.497 e. The summed E-state index contributed by atoms with van der Waals surface area (Å²) in [6.07, 6.45) is 0.273. The number of ether oxygens (including phenoxy) is 1. The van der Waals surface area contributed by atoms with Gasteiger partial charge in [0.25, 0.3) is 5.91 Å². The Hall–Kier alpha value is -3.19. The van der Waals surface area contributed by atoms with E-state index in [9.17, 15) is 9.90 Å². The van der Waals surface area contributed by atoms with E-state index in [1.165, 1.54) is 0 Å². The molecule has 0 radical (unpaired) electrons. The maximum absolute atomic E-state index is 11.6. The van der Waals surface area contributed by atoms with Crippen molar-refractivity contribution in [1.29, 1.82) is 0 Å². The molecule has 3 aromatic rings. The number of hydrogen-bond acceptors (Lipinski definition) is 6. The number of anilines is 1. The van der Waals surface area contributed by atoms with Crippen molar-refractivity contribution >= 4 is 22.6 Å². The van der Waals surface area contributed by atoms with Crippen LogP contribution < -0.4 is 15.4 Å². The number of aromatic nitrogens is 2. The maximum atomic E-state index is 11.6. The molecule has 138 valence electrons. The van der Waals surface area contributed by atoms with E-state index in [-0.39, 0.29) is 13.0 Å². The van der Waals surface area contributed by atoms with Gasteiger partial charge in [-0.15, -0.1) is 0 Å². The van der Waals surface area contributed by atoms with Gasteiger partial charge < -0.3 is 20.5 Å². The summed E-state index contributed by atoms with van der Waals surface area (Å²) in [6, 6.07) is 15.2. The molecule has 7 heteroatoms. The average Bonchev–Trinajstić information content (AvgIpc) is 3.10. The fourth-order valence-electron chi connectivity index (χ4n) is 3.37. The predicted molar refractivity (Wildman–Crippen MR) is 103 cm³/mol. The first kappa shape index (κ1) is 17.2. The third-order valence-corrected chi connectivity index (χ3v) is 4.92. The predicted octanol–water partition coefficient (Wildman–Crippen LogP) is 1.73. The monoisotopic (exact) mass is 364 g/mol. The van der Waals surface area contributed by atoms with Gasteiger partial charge in [-0.2, -0.15) is 0 Å². The number of nitrogens with zero attached hydrogens (tertiary/aromatic N) is 3. The minimum atomic E-state index is -1.54. The minimum absolute atomic E-state index is 0.112. The molecule has 2 aromatic carbocycles. The molecule has 27 heavy (non-hydrogen) atoms. The smallest absolute Gasteiger partial charge is 0.251 e. The Kier molecular flexibility index (Phi) is 4.16. The summed E-state index contributed by atoms with van der Waals surface area (Å²) in [5.41, 5.74) is 5.45. The Balaban J connectivity index is 1.83. The molecule has 3 N–H and O–H groups in total. The first-order valence-corrected chi connectivity index (χ1v) is 8.69. The molecule has 2 heterocycles. The van der Waals surface area contributed by atoms with E-state index in [1.54, 1.807) is 7.11 Å². The number of nitrogens with two attached hydrogens (primary N) is 1. The van der Waals surface area contributed by atoms with Gasteiger partial charge in [-0.25, -0.2) is 9.97 Å². The Morgan fingerprint density at radius 2 is 2.04 bits per heavy atom. The summed E-state index contributed by atoms with van der Waals surface area (Å²) < 4.78 is 5.30. The number of carbonyl (C=O) groups is 1. The molecule has 1 atom stereocenters. The first-order chi connectivity index (χ1) is 13.0. The number of β-amino-alcohol motifs (C(OH)–C–C–N with tert-alkyl or cyclic N) is 1. The van der Waals surface area contributed by atoms with E-state index in [1.807, 2.05) is 53.4 Å². The molecule has 4 rings (SSSR count). The van der Waals surface area contributed by atoms with Crippen LogP contribution in [0.25, 0.3) is 22.3 Å². The zero-order chi connectivity index (χ0) is 19.0. The third kappa shape index (κ3) is 3.06. The van der Waals surface area contributed by atoms with Gasteiger partial charge in [0.1, 0.15) is 11.6 Å². The highest BCUT2D eigenvalue weighted by Gasteiger charge is 2.42. The number of primary amides is 1. The molecule has 1 amide bonds. The van der Waals surface area contributed by atoms with Crippen LogP contribution in [0.3, 0.4) is 0 Å². The van der Waals surface area contributed by atoms with Gasteiger partial charge in [0, 0.05) is 23.9 Å². The van der Waals surface area contributed by atoms with Crippen molar-refractivity contribution in [2.24, 2.45) is 5.73 Å². The molecule has 1 aliphatic heterocycles. The molecule has 1 unspecified atom stereocenters. The number of carbonyl (C=O) groups excluding carboxylic acids is 1. The van der Waals surface area contributed by atoms with Gasteiger partial charge in [-0.3, -0.25) is 4.79 Å². The van der Waals surface area contributed by atoms with Gasteiger partial charge in [0.05, 0.1) is 19.2 Å². The van der Waals surface area contributed by atoms with Crippen LogP contribution in [0.4, 0.5) is 5.82 Å². The van der Waals surface area contributed by atoms with Crippen LogP contribution >= 0.6 is 0 Å². The Morgan fingerprint density at radius 3 is 2.78 bits per heavy atom. The molecule has 1 aromatic heterocycles. The lowest BCUT2D eigenvalue weighted by Crippen LogP contribution is -2.46. The summed E-state index contributed by atoms with van der Waals surface area (Å²) in [5, 5.41) is 11.3. The maximum Gasteiger partial charge on any atom is 0.251 e. The normalized spacial score (nSPS) is 19.4. The van der Waals surface area contributed by atoms with E-state index in [0.29, 0.717) is 18.2 Å². The van der Waals surface area contributed by atoms with E-state index in [4.69, 9.17) is 15.5 Å². The van der Waals surface area contributed by atoms with Crippen molar-refractivity contribution < 1.29 is 14.6 Å². The summed E-state index contributed by atoms with van der Waals surface area (Å²) in [7, 11) is 1.61. The topological polar surface area (TPSA) is 102 Å². The van der Waals surface area contributed by atoms with Crippen LogP contribution in [0.15, 0.2) is 48.5 Å². The van der Waals surface area contributed by atoms with Crippen molar-refractivity contribution in [2.45, 2.75) is 12.0 Å². The number of para-hydroxylation sites is 1. The second kappa shape index (κ2) is 6.51. The van der Waals surface area contributed by atoms with Gasteiger partial charge in [-0.1, -0.05) is 24.3 Å². The molecule has 1 aliphatic rings. The SMILES string of the molecule is COc1cccc(-c2nc(N3CCC(O)(C(N)=O)C3)c3ccccc3n2)c1. The van der Waals surface area contributed by atoms with E-state index < -0.39 is 11.5 Å². The van der Waals surface area contributed by atoms with Gasteiger partial charge in [0.2, 0.25) is 0 Å². The van der Waals surface area contributed by atoms with Gasteiger partial charge >= 0.3 is 0 Å². The zero-order valence-electron chi connectivity index (χ0n) is 14.9. The molecule has 0 spiro atoms. The summed E-state index contributed by atoms with van der Waals surface area (Å²) in [4.78, 5) is 22.9. The van der Waals surface area contributed by atoms with Crippen LogP contribution in [-0.2, 0) is 4.79 Å². The second-order valence-electron chi connectivity index (χ2n) is 6.69. The van der Waals surface area contributed by atoms with Gasteiger partial charge in [-0.05, 0) is 24.3 Å². The fraction of sp³-hybridized carbons (Fsp3) is 0.250. The van der Waals surface area contributed by atoms with Crippen molar-refractivity contribution in [3.05, 3.63) is 48.5 Å². The van der Waals surface area contributed by atoms with Crippen LogP contribution in [0.2, 0.25) is 0 Å². The Bertz CT molecular complexity index is 1020. The number of methoxy groups -OCH3 is 1. The van der Waals surface area contributed by atoms with Crippen LogP contribution in [0.1, 0.15) is 6.42 Å². The highest BCUT2D eigenvalue weighted by atomic mass is 16.5. The highest BCUT2D eigenvalue weighted by molar-refractivity contribution is 5.92. The van der Waals surface area contributed by atoms with E-state index in [0.717, 1.165) is 22.2 Å². The van der Waals surface area contributed by atoms with Crippen molar-refractivity contribution in [3.8, 4) is 17.1 Å². The van der Waals surface area contributed by atoms with Crippen LogP contribution in [0, 0.1) is 0 Å². The Morgan fingerprint density at radius 1 is 1.22 bits per heavy atom. The van der Waals surface area contributed by atoms with Crippen molar-refractivity contribution in [3.63, 3.8) is 0 Å². The second-order valence-corrected chi connectivity index (χ2v) is 6.69. The third-order valence-electron chi connectivity index (χ3n) is 4.92. The highest BCUT2D eigenvalue weighted by Crippen LogP contribution is 2.32. The molecule has 1 saturated heterocycles. The Labute approximate surface area is 156 Å². The van der Waals surface area contributed by atoms with E-state index >= 15 is 0 Å². The summed E-state index contributed by atoms with van der Waals surface area (Å²) in [6.45, 7) is 0.596. The van der Waals surface area contributed by atoms with Crippen LogP contribution in [-0.4, -0.2) is 46.8 Å².